The van der Waals surface area contributed by atoms with Crippen molar-refractivity contribution in [2.75, 3.05) is 0 Å². The van der Waals surface area contributed by atoms with E-state index in [0.29, 0.717) is 11.4 Å². The number of rotatable bonds is 6. The molecule has 0 saturated carbocycles. The van der Waals surface area contributed by atoms with Crippen LogP contribution in [0, 0.1) is 0 Å². The van der Waals surface area contributed by atoms with Gasteiger partial charge in [0, 0.05) is 29.2 Å². The van der Waals surface area contributed by atoms with Gasteiger partial charge in [0.2, 0.25) is 5.88 Å². The molecule has 218 valence electrons. The van der Waals surface area contributed by atoms with Crippen LogP contribution in [0.3, 0.4) is 0 Å². The number of pyridine rings is 2. The zero-order valence-corrected chi connectivity index (χ0v) is 24.8. The molecule has 0 unspecified atom stereocenters. The highest BCUT2D eigenvalue weighted by Crippen LogP contribution is 2.39. The summed E-state index contributed by atoms with van der Waals surface area (Å²) in [6.07, 6.45) is 3.46. The van der Waals surface area contributed by atoms with E-state index in [2.05, 4.69) is 101 Å². The Labute approximate surface area is 266 Å². The number of fused-ring (bicyclic) bond motifs is 1. The third-order valence-electron chi connectivity index (χ3n) is 8.24. The average molecular weight is 593 g/mol. The van der Waals surface area contributed by atoms with E-state index in [9.17, 15) is 5.11 Å². The van der Waals surface area contributed by atoms with Crippen LogP contribution >= 0.6 is 0 Å². The fraction of sp³-hybridized carbons (Fsp3) is 0. The van der Waals surface area contributed by atoms with Crippen LogP contribution in [0.25, 0.3) is 72.7 Å². The maximum absolute atomic E-state index is 10.8. The summed E-state index contributed by atoms with van der Waals surface area (Å²) in [5.41, 5.74) is 11.6. The van der Waals surface area contributed by atoms with Crippen LogP contribution in [0.1, 0.15) is 0 Å². The Balaban J connectivity index is 1.37. The molecule has 0 bridgehead atoms. The molecule has 46 heavy (non-hydrogen) atoms. The van der Waals surface area contributed by atoms with E-state index >= 15 is 0 Å². The predicted octanol–water partition coefficient (Wildman–Crippen LogP) is 9.86. The molecule has 5 heteroatoms. The van der Waals surface area contributed by atoms with E-state index in [-0.39, 0.29) is 5.88 Å². The number of para-hydroxylation sites is 2. The van der Waals surface area contributed by atoms with Gasteiger partial charge >= 0.3 is 0 Å². The molecule has 0 aliphatic rings. The van der Waals surface area contributed by atoms with Crippen molar-refractivity contribution in [2.24, 2.45) is 0 Å². The van der Waals surface area contributed by atoms with Crippen LogP contribution in [0.15, 0.2) is 164 Å². The molecule has 0 radical (unpaired) electrons. The first kappa shape index (κ1) is 27.2. The third-order valence-corrected chi connectivity index (χ3v) is 8.24. The van der Waals surface area contributed by atoms with Crippen LogP contribution in [0.2, 0.25) is 0 Å². The van der Waals surface area contributed by atoms with E-state index in [1.54, 1.807) is 6.20 Å². The fourth-order valence-electron chi connectivity index (χ4n) is 6.05. The van der Waals surface area contributed by atoms with Crippen molar-refractivity contribution in [3.63, 3.8) is 0 Å². The van der Waals surface area contributed by atoms with Gasteiger partial charge in [-0.3, -0.25) is 9.55 Å². The highest BCUT2D eigenvalue weighted by Gasteiger charge is 2.20. The summed E-state index contributed by atoms with van der Waals surface area (Å²) in [5.74, 6) is 0.560. The molecular formula is C41H28N4O. The minimum atomic E-state index is -0.0609. The molecule has 0 saturated heterocycles. The lowest BCUT2D eigenvalue weighted by Gasteiger charge is -2.13. The highest BCUT2D eigenvalue weighted by atomic mass is 16.3. The summed E-state index contributed by atoms with van der Waals surface area (Å²) in [7, 11) is 0. The minimum Gasteiger partial charge on any atom is -0.493 e. The molecule has 0 fully saturated rings. The summed E-state index contributed by atoms with van der Waals surface area (Å²) in [6.45, 7) is 0. The molecule has 8 rings (SSSR count). The van der Waals surface area contributed by atoms with Gasteiger partial charge in [-0.25, -0.2) is 9.97 Å². The number of benzene rings is 5. The third kappa shape index (κ3) is 5.00. The number of hydrogen-bond acceptors (Lipinski definition) is 4. The largest absolute Gasteiger partial charge is 0.493 e. The number of aromatic hydroxyl groups is 1. The molecular weight excluding hydrogens is 564 g/mol. The number of imidazole rings is 1. The summed E-state index contributed by atoms with van der Waals surface area (Å²) in [6, 6.07) is 51.6. The van der Waals surface area contributed by atoms with E-state index in [4.69, 9.17) is 9.97 Å². The highest BCUT2D eigenvalue weighted by molar-refractivity contribution is 5.97. The second-order valence-corrected chi connectivity index (χ2v) is 11.1. The molecule has 0 amide bonds. The normalized spacial score (nSPS) is 11.1. The second-order valence-electron chi connectivity index (χ2n) is 11.1. The Bertz CT molecular complexity index is 2310. The average Bonchev–Trinajstić information content (AvgIpc) is 3.52. The van der Waals surface area contributed by atoms with E-state index in [0.717, 1.165) is 61.4 Å². The van der Waals surface area contributed by atoms with Crippen LogP contribution in [0.5, 0.6) is 5.88 Å². The quantitative estimate of drug-likeness (QED) is 0.209. The van der Waals surface area contributed by atoms with Gasteiger partial charge in [-0.2, -0.15) is 0 Å². The van der Waals surface area contributed by atoms with Gasteiger partial charge in [-0.1, -0.05) is 91.0 Å². The van der Waals surface area contributed by atoms with Gasteiger partial charge in [0.1, 0.15) is 0 Å². The summed E-state index contributed by atoms with van der Waals surface area (Å²) < 4.78 is 2.09. The number of hydrogen-bond donors (Lipinski definition) is 1. The molecule has 5 nitrogen and oxygen atoms in total. The maximum atomic E-state index is 10.8. The lowest BCUT2D eigenvalue weighted by atomic mass is 9.93. The zero-order valence-electron chi connectivity index (χ0n) is 24.8. The van der Waals surface area contributed by atoms with E-state index < -0.39 is 0 Å². The van der Waals surface area contributed by atoms with Gasteiger partial charge in [0.15, 0.2) is 5.82 Å². The molecule has 0 atom stereocenters. The zero-order chi connectivity index (χ0) is 30.9. The Morgan fingerprint density at radius 2 is 1.11 bits per heavy atom. The first-order valence-corrected chi connectivity index (χ1v) is 15.2. The molecule has 0 aliphatic heterocycles. The Morgan fingerprint density at radius 3 is 1.85 bits per heavy atom. The van der Waals surface area contributed by atoms with Gasteiger partial charge in [-0.05, 0) is 88.5 Å². The molecule has 0 spiro atoms. The van der Waals surface area contributed by atoms with Crippen molar-refractivity contribution in [1.82, 2.24) is 19.5 Å². The first-order valence-electron chi connectivity index (χ1n) is 15.2. The Hall–Kier alpha value is -6.33. The number of aromatic nitrogens is 4. The van der Waals surface area contributed by atoms with Crippen molar-refractivity contribution in [2.45, 2.75) is 0 Å². The topological polar surface area (TPSA) is 63.8 Å². The van der Waals surface area contributed by atoms with Crippen molar-refractivity contribution in [1.29, 1.82) is 0 Å². The van der Waals surface area contributed by atoms with Crippen molar-refractivity contribution in [3.8, 4) is 67.6 Å². The van der Waals surface area contributed by atoms with Crippen molar-refractivity contribution in [3.05, 3.63) is 164 Å². The van der Waals surface area contributed by atoms with Crippen LogP contribution in [-0.4, -0.2) is 24.6 Å². The summed E-state index contributed by atoms with van der Waals surface area (Å²) in [5, 5.41) is 10.8. The smallest absolute Gasteiger partial charge is 0.222 e. The van der Waals surface area contributed by atoms with Crippen LogP contribution in [0.4, 0.5) is 0 Å². The van der Waals surface area contributed by atoms with Crippen molar-refractivity contribution >= 4 is 11.0 Å². The molecule has 0 aliphatic carbocycles. The maximum Gasteiger partial charge on any atom is 0.222 e. The number of nitrogens with zero attached hydrogens (tertiary/aromatic N) is 4. The lowest BCUT2D eigenvalue weighted by Crippen LogP contribution is -1.97. The fourth-order valence-corrected chi connectivity index (χ4v) is 6.05. The minimum absolute atomic E-state index is 0.0609. The second kappa shape index (κ2) is 11.6. The Morgan fingerprint density at radius 1 is 0.457 bits per heavy atom. The van der Waals surface area contributed by atoms with E-state index in [1.165, 1.54) is 0 Å². The molecule has 3 aromatic heterocycles. The van der Waals surface area contributed by atoms with E-state index in [1.807, 2.05) is 66.9 Å². The summed E-state index contributed by atoms with van der Waals surface area (Å²) in [4.78, 5) is 14.2. The van der Waals surface area contributed by atoms with Gasteiger partial charge in [0.05, 0.1) is 22.3 Å². The SMILES string of the molecule is Oc1ncccc1-c1nc2c(-c3cc(-c4ccccc4)cc(-c4cc(-c5ccccc5)ccn4)c3)cccc2n1-c1ccccc1. The van der Waals surface area contributed by atoms with Crippen LogP contribution < -0.4 is 0 Å². The van der Waals surface area contributed by atoms with Gasteiger partial charge < -0.3 is 5.11 Å². The predicted molar refractivity (Wildman–Crippen MR) is 186 cm³/mol. The molecule has 1 N–H and O–H groups in total. The van der Waals surface area contributed by atoms with Gasteiger partial charge in [-0.15, -0.1) is 0 Å². The molecule has 8 aromatic rings. The monoisotopic (exact) mass is 592 g/mol. The Kier molecular flexibility index (Phi) is 6.89. The first-order chi connectivity index (χ1) is 22.7. The van der Waals surface area contributed by atoms with Crippen LogP contribution in [-0.2, 0) is 0 Å². The summed E-state index contributed by atoms with van der Waals surface area (Å²) >= 11 is 0. The van der Waals surface area contributed by atoms with Crippen molar-refractivity contribution < 1.29 is 5.11 Å². The molecule has 5 aromatic carbocycles. The molecule has 3 heterocycles. The standard InChI is InChI=1S/C41H28N4O/c46-41-36(19-11-22-43-41)40-44-39-35(18-10-20-38(39)45(40)34-16-8-3-9-17-34)32-24-31(29-14-6-2-7-15-29)25-33(26-32)37-27-30(21-23-42-37)28-12-4-1-5-13-28/h1-27H,(H,43,46). The lowest BCUT2D eigenvalue weighted by molar-refractivity contribution is 0.455. The van der Waals surface area contributed by atoms with Gasteiger partial charge in [0.25, 0.3) is 0 Å².